The minimum atomic E-state index is -0.484. The first-order chi connectivity index (χ1) is 18.9. The minimum Gasteiger partial charge on any atom is -0.324 e. The molecule has 0 saturated heterocycles. The van der Waals surface area contributed by atoms with Gasteiger partial charge in [0.25, 0.3) is 11.8 Å². The first kappa shape index (κ1) is 28.2. The minimum absolute atomic E-state index is 0.0772. The lowest BCUT2D eigenvalue weighted by Crippen LogP contribution is -2.30. The van der Waals surface area contributed by atoms with Crippen molar-refractivity contribution in [3.05, 3.63) is 129 Å². The fourth-order valence-corrected chi connectivity index (χ4v) is 4.61. The molecule has 0 aliphatic carbocycles. The van der Waals surface area contributed by atoms with Gasteiger partial charge in [0.05, 0.1) is 11.4 Å². The number of hydrogen-bond donors (Lipinski definition) is 3. The van der Waals surface area contributed by atoms with Crippen molar-refractivity contribution < 1.29 is 14.4 Å². The zero-order valence-electron chi connectivity index (χ0n) is 20.5. The van der Waals surface area contributed by atoms with Crippen LogP contribution in [0, 0.1) is 0 Å². The van der Waals surface area contributed by atoms with Crippen molar-refractivity contribution in [3.63, 3.8) is 0 Å². The summed E-state index contributed by atoms with van der Waals surface area (Å²) in [5.74, 6) is -0.789. The average molecular weight is 621 g/mol. The van der Waals surface area contributed by atoms with E-state index in [1.54, 1.807) is 66.7 Å². The van der Waals surface area contributed by atoms with Gasteiger partial charge in [0.2, 0.25) is 5.91 Å². The Bertz CT molecular complexity index is 1490. The summed E-state index contributed by atoms with van der Waals surface area (Å²) in [5, 5.41) is 8.96. The summed E-state index contributed by atoms with van der Waals surface area (Å²) < 4.78 is 0.813. The number of anilines is 2. The van der Waals surface area contributed by atoms with Gasteiger partial charge in [-0.1, -0.05) is 54.1 Å². The number of halogens is 2. The van der Waals surface area contributed by atoms with E-state index in [0.717, 1.165) is 9.37 Å². The molecule has 0 spiro atoms. The molecule has 0 saturated carbocycles. The van der Waals surface area contributed by atoms with E-state index < -0.39 is 11.8 Å². The fraction of sp³-hybridized carbons (Fsp3) is 0.0333. The third kappa shape index (κ3) is 8.58. The highest BCUT2D eigenvalue weighted by molar-refractivity contribution is 9.10. The standard InChI is InChI=1S/C30H23BrClN3O3S/c31-25-8-4-5-9-26(25)34-28(36)19-39-24-16-14-23(15-17-24)33-30(38)27(18-20-10-12-22(32)13-11-20)35-29(37)21-6-2-1-3-7-21/h1-18H,19H2,(H,33,38)(H,34,36)(H,35,37)/b27-18-. The summed E-state index contributed by atoms with van der Waals surface area (Å²) in [6.45, 7) is 0. The Labute approximate surface area is 244 Å². The average Bonchev–Trinajstić information content (AvgIpc) is 2.95. The highest BCUT2D eigenvalue weighted by Gasteiger charge is 2.15. The van der Waals surface area contributed by atoms with E-state index in [-0.39, 0.29) is 17.4 Å². The first-order valence-corrected chi connectivity index (χ1v) is 14.0. The number of thioether (sulfide) groups is 1. The molecule has 0 aromatic heterocycles. The van der Waals surface area contributed by atoms with E-state index in [2.05, 4.69) is 31.9 Å². The Hall–Kier alpha value is -3.85. The van der Waals surface area contributed by atoms with Crippen LogP contribution in [0.4, 0.5) is 11.4 Å². The van der Waals surface area contributed by atoms with Gasteiger partial charge in [-0.05, 0) is 88.2 Å². The van der Waals surface area contributed by atoms with Gasteiger partial charge >= 0.3 is 0 Å². The maximum Gasteiger partial charge on any atom is 0.272 e. The summed E-state index contributed by atoms with van der Waals surface area (Å²) in [5.41, 5.74) is 2.46. The quantitative estimate of drug-likeness (QED) is 0.136. The molecule has 9 heteroatoms. The van der Waals surface area contributed by atoms with E-state index >= 15 is 0 Å². The van der Waals surface area contributed by atoms with Crippen LogP contribution >= 0.6 is 39.3 Å². The number of rotatable bonds is 9. The number of carbonyl (C=O) groups is 3. The Morgan fingerprint density at radius 3 is 2.15 bits per heavy atom. The molecule has 196 valence electrons. The summed E-state index contributed by atoms with van der Waals surface area (Å²) in [7, 11) is 0. The van der Waals surface area contributed by atoms with Crippen molar-refractivity contribution in [2.75, 3.05) is 16.4 Å². The molecule has 0 aliphatic rings. The fourth-order valence-electron chi connectivity index (χ4n) is 3.40. The zero-order valence-corrected chi connectivity index (χ0v) is 23.6. The molecule has 4 aromatic rings. The predicted octanol–water partition coefficient (Wildman–Crippen LogP) is 7.24. The number of hydrogen-bond acceptors (Lipinski definition) is 4. The van der Waals surface area contributed by atoms with Crippen LogP contribution in [0.1, 0.15) is 15.9 Å². The molecule has 0 fully saturated rings. The van der Waals surface area contributed by atoms with Crippen LogP contribution in [-0.4, -0.2) is 23.5 Å². The molecule has 3 amide bonds. The monoisotopic (exact) mass is 619 g/mol. The Morgan fingerprint density at radius 1 is 0.795 bits per heavy atom. The molecular weight excluding hydrogens is 598 g/mol. The van der Waals surface area contributed by atoms with E-state index in [1.165, 1.54) is 11.8 Å². The molecule has 0 atom stereocenters. The van der Waals surface area contributed by atoms with Crippen LogP contribution in [-0.2, 0) is 9.59 Å². The van der Waals surface area contributed by atoms with Gasteiger partial charge in [-0.15, -0.1) is 11.8 Å². The lowest BCUT2D eigenvalue weighted by molar-refractivity contribution is -0.114. The van der Waals surface area contributed by atoms with Crippen LogP contribution in [0.25, 0.3) is 6.08 Å². The Kier molecular flexibility index (Phi) is 9.97. The van der Waals surface area contributed by atoms with Gasteiger partial charge in [-0.3, -0.25) is 14.4 Å². The summed E-state index contributed by atoms with van der Waals surface area (Å²) >= 11 is 10.8. The molecule has 0 bridgehead atoms. The molecule has 3 N–H and O–H groups in total. The van der Waals surface area contributed by atoms with Gasteiger partial charge < -0.3 is 16.0 Å². The molecule has 0 unspecified atom stereocenters. The second-order valence-electron chi connectivity index (χ2n) is 8.22. The molecule has 4 rings (SSSR count). The maximum atomic E-state index is 13.2. The number of nitrogens with one attached hydrogen (secondary N) is 3. The maximum absolute atomic E-state index is 13.2. The normalized spacial score (nSPS) is 11.0. The highest BCUT2D eigenvalue weighted by atomic mass is 79.9. The third-order valence-corrected chi connectivity index (χ3v) is 7.30. The van der Waals surface area contributed by atoms with Gasteiger partial charge in [-0.25, -0.2) is 0 Å². The van der Waals surface area contributed by atoms with Crippen LogP contribution in [0.15, 0.2) is 118 Å². The lowest BCUT2D eigenvalue weighted by atomic mass is 10.1. The second kappa shape index (κ2) is 13.8. The first-order valence-electron chi connectivity index (χ1n) is 11.8. The molecule has 0 heterocycles. The SMILES string of the molecule is O=C(CSc1ccc(NC(=O)/C(=C/c2ccc(Cl)cc2)NC(=O)c2ccccc2)cc1)Nc1ccccc1Br. The van der Waals surface area contributed by atoms with Crippen LogP contribution in [0.3, 0.4) is 0 Å². The van der Waals surface area contributed by atoms with Crippen LogP contribution < -0.4 is 16.0 Å². The molecular formula is C30H23BrClN3O3S. The molecule has 39 heavy (non-hydrogen) atoms. The number of benzene rings is 4. The van der Waals surface area contributed by atoms with Crippen molar-refractivity contribution in [2.24, 2.45) is 0 Å². The predicted molar refractivity (Wildman–Crippen MR) is 162 cm³/mol. The molecule has 0 aliphatic heterocycles. The topological polar surface area (TPSA) is 87.3 Å². The van der Waals surface area contributed by atoms with Gasteiger partial charge in [0.1, 0.15) is 5.70 Å². The van der Waals surface area contributed by atoms with Crippen molar-refractivity contribution in [1.82, 2.24) is 5.32 Å². The van der Waals surface area contributed by atoms with Crippen molar-refractivity contribution in [1.29, 1.82) is 0 Å². The number of amides is 3. The third-order valence-electron chi connectivity index (χ3n) is 5.34. The van der Waals surface area contributed by atoms with Crippen molar-refractivity contribution >= 4 is 74.5 Å². The molecule has 0 radical (unpaired) electrons. The number of para-hydroxylation sites is 1. The summed E-state index contributed by atoms with van der Waals surface area (Å²) in [6.07, 6.45) is 1.58. The van der Waals surface area contributed by atoms with E-state index in [4.69, 9.17) is 11.6 Å². The van der Waals surface area contributed by atoms with Crippen LogP contribution in [0.2, 0.25) is 5.02 Å². The van der Waals surface area contributed by atoms with Crippen molar-refractivity contribution in [2.45, 2.75) is 4.90 Å². The molecule has 6 nitrogen and oxygen atoms in total. The number of carbonyl (C=O) groups excluding carboxylic acids is 3. The zero-order chi connectivity index (χ0) is 27.6. The van der Waals surface area contributed by atoms with E-state index in [9.17, 15) is 14.4 Å². The van der Waals surface area contributed by atoms with Gasteiger partial charge in [0.15, 0.2) is 0 Å². The summed E-state index contributed by atoms with van der Waals surface area (Å²) in [4.78, 5) is 39.1. The lowest BCUT2D eigenvalue weighted by Gasteiger charge is -2.12. The van der Waals surface area contributed by atoms with Crippen molar-refractivity contribution in [3.8, 4) is 0 Å². The summed E-state index contributed by atoms with van der Waals surface area (Å²) in [6, 6.07) is 30.1. The smallest absolute Gasteiger partial charge is 0.272 e. The Morgan fingerprint density at radius 2 is 1.46 bits per heavy atom. The second-order valence-corrected chi connectivity index (χ2v) is 10.6. The van der Waals surface area contributed by atoms with Gasteiger partial charge in [-0.2, -0.15) is 0 Å². The van der Waals surface area contributed by atoms with Gasteiger partial charge in [0, 0.05) is 25.6 Å². The highest BCUT2D eigenvalue weighted by Crippen LogP contribution is 2.24. The van der Waals surface area contributed by atoms with Crippen LogP contribution in [0.5, 0.6) is 0 Å². The van der Waals surface area contributed by atoms with E-state index in [0.29, 0.717) is 27.5 Å². The molecule has 4 aromatic carbocycles. The largest absolute Gasteiger partial charge is 0.324 e. The Balaban J connectivity index is 1.40. The van der Waals surface area contributed by atoms with E-state index in [1.807, 2.05) is 42.5 Å².